The molecule has 2 aromatic carbocycles. The number of hydrogen-bond donors (Lipinski definition) is 1. The number of rotatable bonds is 2. The summed E-state index contributed by atoms with van der Waals surface area (Å²) in [5, 5.41) is 2.89. The molecule has 2 rings (SSSR count). The Bertz CT molecular complexity index is 598. The summed E-state index contributed by atoms with van der Waals surface area (Å²) in [6.45, 7) is 2.02. The summed E-state index contributed by atoms with van der Waals surface area (Å²) in [6.07, 6.45) is 0. The summed E-state index contributed by atoms with van der Waals surface area (Å²) in [6, 6.07) is 13.2. The van der Waals surface area contributed by atoms with E-state index in [0.29, 0.717) is 5.56 Å². The molecule has 2 nitrogen and oxygen atoms in total. The van der Waals surface area contributed by atoms with Crippen LogP contribution in [0.2, 0.25) is 0 Å². The summed E-state index contributed by atoms with van der Waals surface area (Å²) in [7, 11) is 0. The fraction of sp³-hybridized carbons (Fsp3) is 0.0714. The highest BCUT2D eigenvalue weighted by atomic mass is 127. The van der Waals surface area contributed by atoms with Gasteiger partial charge in [-0.1, -0.05) is 12.1 Å². The smallest absolute Gasteiger partial charge is 0.256 e. The second kappa shape index (κ2) is 5.84. The van der Waals surface area contributed by atoms with Crippen molar-refractivity contribution in [2.45, 2.75) is 6.92 Å². The van der Waals surface area contributed by atoms with Gasteiger partial charge in [-0.2, -0.15) is 0 Å². The number of carbonyl (C=O) groups is 1. The molecule has 0 unspecified atom stereocenters. The van der Waals surface area contributed by atoms with Crippen LogP contribution in [0.15, 0.2) is 46.9 Å². The molecule has 18 heavy (non-hydrogen) atoms. The number of aryl methyl sites for hydroxylation is 1. The van der Waals surface area contributed by atoms with Crippen molar-refractivity contribution in [3.8, 4) is 0 Å². The molecule has 1 N–H and O–H groups in total. The first kappa shape index (κ1) is 13.5. The largest absolute Gasteiger partial charge is 0.322 e. The van der Waals surface area contributed by atoms with E-state index < -0.39 is 0 Å². The standard InChI is InChI=1S/C14H11BrINO/c1-9-8-10(6-7-13(9)16)17-14(18)11-4-2-3-5-12(11)15/h2-8H,1H3,(H,17,18). The van der Waals surface area contributed by atoms with Gasteiger partial charge in [0.25, 0.3) is 5.91 Å². The predicted octanol–water partition coefficient (Wildman–Crippen LogP) is 4.61. The van der Waals surface area contributed by atoms with E-state index in [0.717, 1.165) is 15.7 Å². The molecule has 0 saturated carbocycles. The van der Waals surface area contributed by atoms with E-state index in [-0.39, 0.29) is 5.91 Å². The molecule has 4 heteroatoms. The molecule has 0 saturated heterocycles. The number of anilines is 1. The average Bonchev–Trinajstić information content (AvgIpc) is 2.34. The molecule has 0 heterocycles. The van der Waals surface area contributed by atoms with Crippen LogP contribution in [0.3, 0.4) is 0 Å². The first-order chi connectivity index (χ1) is 8.58. The average molecular weight is 416 g/mol. The molecule has 0 atom stereocenters. The van der Waals surface area contributed by atoms with Gasteiger partial charge in [0.2, 0.25) is 0 Å². The topological polar surface area (TPSA) is 29.1 Å². The van der Waals surface area contributed by atoms with Crippen LogP contribution in [0.25, 0.3) is 0 Å². The molecule has 1 amide bonds. The minimum Gasteiger partial charge on any atom is -0.322 e. The molecule has 0 aromatic heterocycles. The van der Waals surface area contributed by atoms with Gasteiger partial charge < -0.3 is 5.32 Å². The number of carbonyl (C=O) groups excluding carboxylic acids is 1. The van der Waals surface area contributed by atoms with E-state index in [2.05, 4.69) is 43.8 Å². The summed E-state index contributed by atoms with van der Waals surface area (Å²) in [4.78, 5) is 12.1. The van der Waals surface area contributed by atoms with Crippen LogP contribution in [0.5, 0.6) is 0 Å². The first-order valence-electron chi connectivity index (χ1n) is 5.40. The van der Waals surface area contributed by atoms with Crippen LogP contribution < -0.4 is 5.32 Å². The Balaban J connectivity index is 2.22. The molecule has 0 aliphatic rings. The van der Waals surface area contributed by atoms with Crippen LogP contribution in [0, 0.1) is 10.5 Å². The summed E-state index contributed by atoms with van der Waals surface area (Å²) < 4.78 is 1.98. The summed E-state index contributed by atoms with van der Waals surface area (Å²) >= 11 is 5.65. The second-order valence-electron chi connectivity index (χ2n) is 3.90. The quantitative estimate of drug-likeness (QED) is 0.712. The van der Waals surface area contributed by atoms with E-state index in [1.807, 2.05) is 43.3 Å². The number of nitrogens with one attached hydrogen (secondary N) is 1. The number of hydrogen-bond acceptors (Lipinski definition) is 1. The van der Waals surface area contributed by atoms with Gasteiger partial charge in [0.15, 0.2) is 0 Å². The second-order valence-corrected chi connectivity index (χ2v) is 5.91. The number of benzene rings is 2. The van der Waals surface area contributed by atoms with E-state index in [9.17, 15) is 4.79 Å². The number of halogens is 2. The van der Waals surface area contributed by atoms with Crippen molar-refractivity contribution in [1.29, 1.82) is 0 Å². The van der Waals surface area contributed by atoms with Gasteiger partial charge in [-0.05, 0) is 81.3 Å². The fourth-order valence-electron chi connectivity index (χ4n) is 1.57. The Morgan fingerprint density at radius 1 is 1.22 bits per heavy atom. The molecule has 0 bridgehead atoms. The van der Waals surface area contributed by atoms with Crippen molar-refractivity contribution in [3.63, 3.8) is 0 Å². The van der Waals surface area contributed by atoms with Gasteiger partial charge in [0.1, 0.15) is 0 Å². The highest BCUT2D eigenvalue weighted by Gasteiger charge is 2.09. The Kier molecular flexibility index (Phi) is 4.40. The zero-order chi connectivity index (χ0) is 13.1. The van der Waals surface area contributed by atoms with Gasteiger partial charge in [-0.3, -0.25) is 4.79 Å². The maximum absolute atomic E-state index is 12.1. The van der Waals surface area contributed by atoms with Crippen LogP contribution in [-0.4, -0.2) is 5.91 Å². The van der Waals surface area contributed by atoms with Crippen molar-refractivity contribution >= 4 is 50.1 Å². The predicted molar refractivity (Wildman–Crippen MR) is 86.0 cm³/mol. The zero-order valence-electron chi connectivity index (χ0n) is 9.71. The Hall–Kier alpha value is -0.880. The molecule has 2 aromatic rings. The molecule has 0 radical (unpaired) electrons. The van der Waals surface area contributed by atoms with Gasteiger partial charge >= 0.3 is 0 Å². The summed E-state index contributed by atoms with van der Waals surface area (Å²) in [5.74, 6) is -0.108. The van der Waals surface area contributed by atoms with Gasteiger partial charge in [0.05, 0.1) is 5.56 Å². The molecule has 0 fully saturated rings. The third-order valence-electron chi connectivity index (χ3n) is 2.53. The Morgan fingerprint density at radius 3 is 2.61 bits per heavy atom. The van der Waals surface area contributed by atoms with Gasteiger partial charge in [-0.15, -0.1) is 0 Å². The summed E-state index contributed by atoms with van der Waals surface area (Å²) in [5.41, 5.74) is 2.60. The molecular weight excluding hydrogens is 405 g/mol. The van der Waals surface area contributed by atoms with Crippen molar-refractivity contribution < 1.29 is 4.79 Å². The maximum atomic E-state index is 12.1. The first-order valence-corrected chi connectivity index (χ1v) is 7.27. The minimum atomic E-state index is -0.108. The molecule has 92 valence electrons. The zero-order valence-corrected chi connectivity index (χ0v) is 13.4. The monoisotopic (exact) mass is 415 g/mol. The third-order valence-corrected chi connectivity index (χ3v) is 4.44. The number of amides is 1. The van der Waals surface area contributed by atoms with Crippen molar-refractivity contribution in [1.82, 2.24) is 0 Å². The van der Waals surface area contributed by atoms with E-state index in [1.54, 1.807) is 6.07 Å². The molecule has 0 aliphatic carbocycles. The molecule has 0 aliphatic heterocycles. The van der Waals surface area contributed by atoms with Gasteiger partial charge in [-0.25, -0.2) is 0 Å². The Morgan fingerprint density at radius 2 is 1.94 bits per heavy atom. The SMILES string of the molecule is Cc1cc(NC(=O)c2ccccc2Br)ccc1I. The van der Waals surface area contributed by atoms with Crippen molar-refractivity contribution in [3.05, 3.63) is 61.6 Å². The maximum Gasteiger partial charge on any atom is 0.256 e. The van der Waals surface area contributed by atoms with Crippen molar-refractivity contribution in [2.75, 3.05) is 5.32 Å². The highest BCUT2D eigenvalue weighted by molar-refractivity contribution is 14.1. The molecule has 0 spiro atoms. The lowest BCUT2D eigenvalue weighted by Crippen LogP contribution is -2.12. The van der Waals surface area contributed by atoms with Crippen molar-refractivity contribution in [2.24, 2.45) is 0 Å². The fourth-order valence-corrected chi connectivity index (χ4v) is 2.37. The van der Waals surface area contributed by atoms with E-state index in [1.165, 1.54) is 3.57 Å². The highest BCUT2D eigenvalue weighted by Crippen LogP contribution is 2.20. The lowest BCUT2D eigenvalue weighted by atomic mass is 10.2. The Labute approximate surface area is 128 Å². The van der Waals surface area contributed by atoms with Crippen LogP contribution >= 0.6 is 38.5 Å². The van der Waals surface area contributed by atoms with Crippen LogP contribution in [-0.2, 0) is 0 Å². The van der Waals surface area contributed by atoms with Crippen LogP contribution in [0.4, 0.5) is 5.69 Å². The van der Waals surface area contributed by atoms with Crippen LogP contribution in [0.1, 0.15) is 15.9 Å². The molecular formula is C14H11BrINO. The third kappa shape index (κ3) is 3.11. The van der Waals surface area contributed by atoms with E-state index in [4.69, 9.17) is 0 Å². The minimum absolute atomic E-state index is 0.108. The normalized spacial score (nSPS) is 10.2. The van der Waals surface area contributed by atoms with E-state index >= 15 is 0 Å². The van der Waals surface area contributed by atoms with Gasteiger partial charge in [0, 0.05) is 13.7 Å². The lowest BCUT2D eigenvalue weighted by Gasteiger charge is -2.08. The lowest BCUT2D eigenvalue weighted by molar-refractivity contribution is 0.102.